The van der Waals surface area contributed by atoms with Crippen molar-refractivity contribution in [2.75, 3.05) is 19.1 Å². The molecule has 0 aliphatic heterocycles. The molecule has 2 aromatic rings. The maximum absolute atomic E-state index is 13.2. The van der Waals surface area contributed by atoms with Crippen LogP contribution in [-0.2, 0) is 15.1 Å². The molecule has 25 heavy (non-hydrogen) atoms. The zero-order chi connectivity index (χ0) is 18.8. The second-order valence-electron chi connectivity index (χ2n) is 5.09. The smallest absolute Gasteiger partial charge is 0.432 e. The molecule has 1 unspecified atom stereocenters. The summed E-state index contributed by atoms with van der Waals surface area (Å²) in [4.78, 5) is 24.8. The Morgan fingerprint density at radius 1 is 1.16 bits per heavy atom. The lowest BCUT2D eigenvalue weighted by atomic mass is 9.93. The SMILES string of the molecule is COC(=O)C(O)(c1ccc(N(C)C(=O)c2ccco2)cc1)C(F)(F)F. The van der Waals surface area contributed by atoms with Crippen molar-refractivity contribution < 1.29 is 37.0 Å². The number of hydrogen-bond acceptors (Lipinski definition) is 5. The molecule has 1 aromatic heterocycles. The molecule has 134 valence electrons. The highest BCUT2D eigenvalue weighted by molar-refractivity contribution is 6.03. The number of halogens is 3. The van der Waals surface area contributed by atoms with Gasteiger partial charge >= 0.3 is 12.1 Å². The fourth-order valence-corrected chi connectivity index (χ4v) is 2.15. The van der Waals surface area contributed by atoms with E-state index in [0.29, 0.717) is 0 Å². The van der Waals surface area contributed by atoms with Crippen LogP contribution < -0.4 is 4.90 Å². The number of methoxy groups -OCH3 is 1. The van der Waals surface area contributed by atoms with E-state index in [9.17, 15) is 27.9 Å². The van der Waals surface area contributed by atoms with E-state index in [-0.39, 0.29) is 11.4 Å². The number of carbonyl (C=O) groups excluding carboxylic acids is 2. The van der Waals surface area contributed by atoms with Gasteiger partial charge in [-0.1, -0.05) is 12.1 Å². The number of aliphatic hydroxyl groups is 1. The maximum Gasteiger partial charge on any atom is 0.432 e. The minimum atomic E-state index is -5.28. The predicted octanol–water partition coefficient (Wildman–Crippen LogP) is 2.48. The second-order valence-corrected chi connectivity index (χ2v) is 5.09. The lowest BCUT2D eigenvalue weighted by Gasteiger charge is -2.28. The van der Waals surface area contributed by atoms with Crippen LogP contribution in [0.2, 0.25) is 0 Å². The highest BCUT2D eigenvalue weighted by atomic mass is 19.4. The number of benzene rings is 1. The first-order chi connectivity index (χ1) is 11.6. The Morgan fingerprint density at radius 2 is 1.76 bits per heavy atom. The molecule has 0 fully saturated rings. The lowest BCUT2D eigenvalue weighted by molar-refractivity contribution is -0.266. The van der Waals surface area contributed by atoms with Crippen molar-refractivity contribution in [3.8, 4) is 0 Å². The van der Waals surface area contributed by atoms with E-state index >= 15 is 0 Å². The van der Waals surface area contributed by atoms with Crippen molar-refractivity contribution in [1.82, 2.24) is 0 Å². The van der Waals surface area contributed by atoms with Crippen LogP contribution in [-0.4, -0.2) is 37.3 Å². The standard InChI is InChI=1S/C16H14F3NO5/c1-20(13(21)12-4-3-9-25-12)11-7-5-10(6-8-11)15(23,14(22)24-2)16(17,18)19/h3-9,23H,1-2H3. The van der Waals surface area contributed by atoms with Gasteiger partial charge in [-0.3, -0.25) is 4.79 Å². The zero-order valence-electron chi connectivity index (χ0n) is 13.2. The van der Waals surface area contributed by atoms with Gasteiger partial charge in [-0.15, -0.1) is 0 Å². The highest BCUT2D eigenvalue weighted by Crippen LogP contribution is 2.40. The third kappa shape index (κ3) is 3.22. The van der Waals surface area contributed by atoms with Crippen LogP contribution in [0.1, 0.15) is 16.1 Å². The number of nitrogens with zero attached hydrogens (tertiary/aromatic N) is 1. The number of esters is 1. The highest BCUT2D eigenvalue weighted by Gasteiger charge is 2.62. The molecule has 6 nitrogen and oxygen atoms in total. The van der Waals surface area contributed by atoms with E-state index in [1.807, 2.05) is 0 Å². The first kappa shape index (κ1) is 18.5. The number of alkyl halides is 3. The molecule has 1 aromatic carbocycles. The molecule has 0 saturated heterocycles. The van der Waals surface area contributed by atoms with Gasteiger partial charge in [-0.2, -0.15) is 13.2 Å². The van der Waals surface area contributed by atoms with Crippen molar-refractivity contribution >= 4 is 17.6 Å². The van der Waals surface area contributed by atoms with E-state index in [4.69, 9.17) is 4.42 Å². The van der Waals surface area contributed by atoms with Crippen LogP contribution in [0.15, 0.2) is 47.1 Å². The molecule has 0 spiro atoms. The quantitative estimate of drug-likeness (QED) is 0.851. The minimum absolute atomic E-state index is 0.0490. The van der Waals surface area contributed by atoms with Crippen LogP contribution in [0.3, 0.4) is 0 Å². The number of hydrogen-bond donors (Lipinski definition) is 1. The van der Waals surface area contributed by atoms with Crippen LogP contribution in [0.5, 0.6) is 0 Å². The predicted molar refractivity (Wildman–Crippen MR) is 79.9 cm³/mol. The fourth-order valence-electron chi connectivity index (χ4n) is 2.15. The molecule has 1 amide bonds. The Kier molecular flexibility index (Phi) is 4.89. The van der Waals surface area contributed by atoms with Crippen molar-refractivity contribution in [1.29, 1.82) is 0 Å². The summed E-state index contributed by atoms with van der Waals surface area (Å²) in [6.45, 7) is 0. The average molecular weight is 357 g/mol. The van der Waals surface area contributed by atoms with Gasteiger partial charge < -0.3 is 19.2 Å². The number of rotatable bonds is 4. The number of carbonyl (C=O) groups is 2. The van der Waals surface area contributed by atoms with Gasteiger partial charge in [-0.25, -0.2) is 4.79 Å². The molecule has 9 heteroatoms. The Labute approximate surface area is 140 Å². The third-order valence-electron chi connectivity index (χ3n) is 3.60. The number of anilines is 1. The van der Waals surface area contributed by atoms with E-state index in [1.54, 1.807) is 0 Å². The molecular weight excluding hydrogens is 343 g/mol. The average Bonchev–Trinajstić information content (AvgIpc) is 3.12. The van der Waals surface area contributed by atoms with Crippen molar-refractivity contribution in [3.63, 3.8) is 0 Å². The zero-order valence-corrected chi connectivity index (χ0v) is 13.2. The first-order valence-corrected chi connectivity index (χ1v) is 6.92. The van der Waals surface area contributed by atoms with Gasteiger partial charge in [0.05, 0.1) is 13.4 Å². The van der Waals surface area contributed by atoms with E-state index in [0.717, 1.165) is 36.3 Å². The summed E-state index contributed by atoms with van der Waals surface area (Å²) in [5.74, 6) is -2.32. The lowest BCUT2D eigenvalue weighted by Crippen LogP contribution is -2.49. The van der Waals surface area contributed by atoms with Crippen LogP contribution >= 0.6 is 0 Å². The molecule has 1 atom stereocenters. The summed E-state index contributed by atoms with van der Waals surface area (Å²) in [7, 11) is 2.14. The summed E-state index contributed by atoms with van der Waals surface area (Å²) in [6.07, 6.45) is -3.97. The third-order valence-corrected chi connectivity index (χ3v) is 3.60. The van der Waals surface area contributed by atoms with Gasteiger partial charge in [0.15, 0.2) is 5.76 Å². The normalized spacial score (nSPS) is 13.8. The Hall–Kier alpha value is -2.81. The molecule has 0 saturated carbocycles. The van der Waals surface area contributed by atoms with Gasteiger partial charge in [0.25, 0.3) is 11.5 Å². The van der Waals surface area contributed by atoms with Crippen molar-refractivity contribution in [2.24, 2.45) is 0 Å². The Balaban J connectivity index is 2.35. The fraction of sp³-hybridized carbons (Fsp3) is 0.250. The number of furan rings is 1. The van der Waals surface area contributed by atoms with Crippen molar-refractivity contribution in [2.45, 2.75) is 11.8 Å². The minimum Gasteiger partial charge on any atom is -0.466 e. The summed E-state index contributed by atoms with van der Waals surface area (Å²) in [6, 6.07) is 7.07. The van der Waals surface area contributed by atoms with Crippen LogP contribution in [0.25, 0.3) is 0 Å². The summed E-state index contributed by atoms with van der Waals surface area (Å²) < 4.78 is 48.6. The van der Waals surface area contributed by atoms with Gasteiger partial charge in [0.2, 0.25) is 0 Å². The molecular formula is C16H14F3NO5. The summed E-state index contributed by atoms with van der Waals surface area (Å²) in [5.41, 5.74) is -4.29. The van der Waals surface area contributed by atoms with Gasteiger partial charge in [0.1, 0.15) is 0 Å². The van der Waals surface area contributed by atoms with E-state index < -0.39 is 29.2 Å². The van der Waals surface area contributed by atoms with E-state index in [2.05, 4.69) is 4.74 Å². The van der Waals surface area contributed by atoms with E-state index in [1.165, 1.54) is 25.4 Å². The summed E-state index contributed by atoms with van der Waals surface area (Å²) >= 11 is 0. The van der Waals surface area contributed by atoms with Crippen LogP contribution in [0.4, 0.5) is 18.9 Å². The molecule has 0 radical (unpaired) electrons. The number of amides is 1. The Bertz CT molecular complexity index is 755. The number of ether oxygens (including phenoxy) is 1. The first-order valence-electron chi connectivity index (χ1n) is 6.92. The second kappa shape index (κ2) is 6.60. The molecule has 1 heterocycles. The Morgan fingerprint density at radius 3 is 2.20 bits per heavy atom. The largest absolute Gasteiger partial charge is 0.466 e. The topological polar surface area (TPSA) is 80.0 Å². The monoisotopic (exact) mass is 357 g/mol. The van der Waals surface area contributed by atoms with Crippen LogP contribution in [0, 0.1) is 0 Å². The summed E-state index contributed by atoms with van der Waals surface area (Å²) in [5, 5.41) is 9.88. The molecule has 0 aliphatic rings. The molecule has 0 bridgehead atoms. The molecule has 1 N–H and O–H groups in total. The molecule has 2 rings (SSSR count). The van der Waals surface area contributed by atoms with Gasteiger partial charge in [0, 0.05) is 18.3 Å². The maximum atomic E-state index is 13.2. The van der Waals surface area contributed by atoms with Crippen molar-refractivity contribution in [3.05, 3.63) is 54.0 Å². The molecule has 0 aliphatic carbocycles. The van der Waals surface area contributed by atoms with Gasteiger partial charge in [-0.05, 0) is 24.3 Å².